The lowest BCUT2D eigenvalue weighted by Gasteiger charge is -2.28. The molecule has 1 unspecified atom stereocenters. The predicted molar refractivity (Wildman–Crippen MR) is 143 cm³/mol. The number of amides is 3. The summed E-state index contributed by atoms with van der Waals surface area (Å²) >= 11 is 7.18. The number of benzene rings is 1. The van der Waals surface area contributed by atoms with Crippen molar-refractivity contribution in [1.82, 2.24) is 14.9 Å². The average Bonchev–Trinajstić information content (AvgIpc) is 3.36. The fourth-order valence-electron chi connectivity index (χ4n) is 4.13. The van der Waals surface area contributed by atoms with Gasteiger partial charge in [-0.15, -0.1) is 11.3 Å². The van der Waals surface area contributed by atoms with E-state index in [9.17, 15) is 27.6 Å². The highest BCUT2D eigenvalue weighted by Crippen LogP contribution is 2.31. The molecule has 0 saturated carbocycles. The predicted octanol–water partition coefficient (Wildman–Crippen LogP) is 5.67. The molecule has 0 fully saturated rings. The number of carbonyl (C=O) groups is 3. The van der Waals surface area contributed by atoms with Crippen molar-refractivity contribution in [3.63, 3.8) is 0 Å². The lowest BCUT2D eigenvalue weighted by molar-refractivity contribution is -0.137. The molecule has 0 bridgehead atoms. The number of nitrogens with one attached hydrogen (secondary N) is 2. The highest BCUT2D eigenvalue weighted by molar-refractivity contribution is 7.14. The van der Waals surface area contributed by atoms with E-state index >= 15 is 0 Å². The van der Waals surface area contributed by atoms with Gasteiger partial charge in [0.05, 0.1) is 28.2 Å². The molecule has 1 aliphatic heterocycles. The van der Waals surface area contributed by atoms with Gasteiger partial charge in [-0.05, 0) is 54.6 Å². The molecule has 204 valence electrons. The molecular formula is C27H19ClF3N5O3S. The van der Waals surface area contributed by atoms with Gasteiger partial charge in [-0.3, -0.25) is 19.4 Å². The SMILES string of the molecule is O=C(Nc1ccc(C(F)(F)F)cn1)c1ccc(CN2C(=O)c3ccc(Cl)cc3NC(=O)C2Cc2ccccn2)s1. The van der Waals surface area contributed by atoms with Gasteiger partial charge >= 0.3 is 6.18 Å². The number of carbonyl (C=O) groups excluding carboxylic acids is 3. The van der Waals surface area contributed by atoms with Gasteiger partial charge in [0.2, 0.25) is 5.91 Å². The zero-order chi connectivity index (χ0) is 28.4. The van der Waals surface area contributed by atoms with Crippen LogP contribution in [0.2, 0.25) is 5.02 Å². The zero-order valence-electron chi connectivity index (χ0n) is 20.4. The Morgan fingerprint density at radius 3 is 2.60 bits per heavy atom. The Morgan fingerprint density at radius 1 is 1.07 bits per heavy atom. The lowest BCUT2D eigenvalue weighted by atomic mass is 10.1. The van der Waals surface area contributed by atoms with Crippen molar-refractivity contribution < 1.29 is 27.6 Å². The van der Waals surface area contributed by atoms with E-state index in [1.54, 1.807) is 42.6 Å². The van der Waals surface area contributed by atoms with Crippen LogP contribution in [0.5, 0.6) is 0 Å². The van der Waals surface area contributed by atoms with Crippen molar-refractivity contribution in [3.05, 3.63) is 105 Å². The first kappa shape index (κ1) is 27.3. The van der Waals surface area contributed by atoms with Gasteiger partial charge in [-0.1, -0.05) is 17.7 Å². The summed E-state index contributed by atoms with van der Waals surface area (Å²) in [6, 6.07) is 14.1. The average molecular weight is 586 g/mol. The van der Waals surface area contributed by atoms with Crippen LogP contribution in [-0.4, -0.2) is 38.6 Å². The summed E-state index contributed by atoms with van der Waals surface area (Å²) in [5.74, 6) is -1.44. The number of hydrogen-bond donors (Lipinski definition) is 2. The van der Waals surface area contributed by atoms with Crippen LogP contribution < -0.4 is 10.6 Å². The second-order valence-electron chi connectivity index (χ2n) is 8.80. The second-order valence-corrected chi connectivity index (χ2v) is 10.4. The summed E-state index contributed by atoms with van der Waals surface area (Å²) in [7, 11) is 0. The molecule has 1 atom stereocenters. The summed E-state index contributed by atoms with van der Waals surface area (Å²) in [4.78, 5) is 50.0. The molecule has 1 aromatic carbocycles. The van der Waals surface area contributed by atoms with Crippen LogP contribution in [0.1, 0.15) is 36.2 Å². The number of pyridine rings is 2. The van der Waals surface area contributed by atoms with Crippen molar-refractivity contribution in [2.45, 2.75) is 25.2 Å². The largest absolute Gasteiger partial charge is 0.417 e. The van der Waals surface area contributed by atoms with Crippen molar-refractivity contribution in [3.8, 4) is 0 Å². The third-order valence-electron chi connectivity index (χ3n) is 6.08. The fraction of sp³-hybridized carbons (Fsp3) is 0.148. The first-order valence-electron chi connectivity index (χ1n) is 11.8. The minimum Gasteiger partial charge on any atom is -0.323 e. The minimum absolute atomic E-state index is 0.0162. The van der Waals surface area contributed by atoms with Crippen molar-refractivity contribution in [2.24, 2.45) is 0 Å². The molecule has 0 radical (unpaired) electrons. The van der Waals surface area contributed by atoms with Gasteiger partial charge in [-0.25, -0.2) is 4.98 Å². The van der Waals surface area contributed by atoms with E-state index in [4.69, 9.17) is 11.6 Å². The Kier molecular flexibility index (Phi) is 7.55. The standard InChI is InChI=1S/C27H19ClF3N5O3S/c28-16-5-7-19-20(11-16)34-24(37)21(12-17-3-1-2-10-32-17)36(26(19)39)14-18-6-8-22(40-18)25(38)35-23-9-4-15(13-33-23)27(29,30)31/h1-11,13,21H,12,14H2,(H,34,37)(H,33,35,38). The van der Waals surface area contributed by atoms with E-state index in [0.717, 1.165) is 23.5 Å². The zero-order valence-corrected chi connectivity index (χ0v) is 22.0. The Morgan fingerprint density at radius 2 is 1.90 bits per heavy atom. The van der Waals surface area contributed by atoms with Gasteiger partial charge in [-0.2, -0.15) is 13.2 Å². The molecule has 5 rings (SSSR count). The van der Waals surface area contributed by atoms with Crippen LogP contribution >= 0.6 is 22.9 Å². The number of alkyl halides is 3. The van der Waals surface area contributed by atoms with E-state index in [1.807, 2.05) is 0 Å². The van der Waals surface area contributed by atoms with E-state index in [-0.39, 0.29) is 29.2 Å². The maximum Gasteiger partial charge on any atom is 0.417 e. The number of aromatic nitrogens is 2. The molecular weight excluding hydrogens is 567 g/mol. The van der Waals surface area contributed by atoms with E-state index < -0.39 is 35.5 Å². The lowest BCUT2D eigenvalue weighted by Crippen LogP contribution is -2.46. The Labute approximate surface area is 234 Å². The molecule has 0 aliphatic carbocycles. The second kappa shape index (κ2) is 11.1. The highest BCUT2D eigenvalue weighted by Gasteiger charge is 2.36. The van der Waals surface area contributed by atoms with Gasteiger partial charge in [0.1, 0.15) is 11.9 Å². The summed E-state index contributed by atoms with van der Waals surface area (Å²) < 4.78 is 38.3. The number of hydrogen-bond acceptors (Lipinski definition) is 6. The number of halogens is 4. The van der Waals surface area contributed by atoms with Crippen LogP contribution in [-0.2, 0) is 23.9 Å². The molecule has 4 aromatic rings. The summed E-state index contributed by atoms with van der Waals surface area (Å²) in [5.41, 5.74) is 0.245. The van der Waals surface area contributed by atoms with Gasteiger partial charge in [0.15, 0.2) is 0 Å². The number of fused-ring (bicyclic) bond motifs is 1. The number of nitrogens with zero attached hydrogens (tertiary/aromatic N) is 3. The first-order chi connectivity index (χ1) is 19.1. The third kappa shape index (κ3) is 5.97. The molecule has 40 heavy (non-hydrogen) atoms. The smallest absolute Gasteiger partial charge is 0.323 e. The van der Waals surface area contributed by atoms with Crippen LogP contribution in [0.15, 0.2) is 73.1 Å². The number of rotatable bonds is 6. The van der Waals surface area contributed by atoms with E-state index in [0.29, 0.717) is 27.5 Å². The molecule has 3 amide bonds. The summed E-state index contributed by atoms with van der Waals surface area (Å²) in [6.45, 7) is 0.0162. The van der Waals surface area contributed by atoms with Gasteiger partial charge < -0.3 is 15.5 Å². The Bertz CT molecular complexity index is 1580. The van der Waals surface area contributed by atoms with Crippen molar-refractivity contribution >= 4 is 52.2 Å². The van der Waals surface area contributed by atoms with Gasteiger partial charge in [0.25, 0.3) is 11.8 Å². The molecule has 4 heterocycles. The van der Waals surface area contributed by atoms with Crippen LogP contribution in [0.25, 0.3) is 0 Å². The molecule has 3 aromatic heterocycles. The first-order valence-corrected chi connectivity index (χ1v) is 13.0. The van der Waals surface area contributed by atoms with Crippen molar-refractivity contribution in [2.75, 3.05) is 10.6 Å². The van der Waals surface area contributed by atoms with Crippen LogP contribution in [0.3, 0.4) is 0 Å². The number of anilines is 2. The molecule has 2 N–H and O–H groups in total. The third-order valence-corrected chi connectivity index (χ3v) is 7.39. The summed E-state index contributed by atoms with van der Waals surface area (Å²) in [5, 5.41) is 5.62. The monoisotopic (exact) mass is 585 g/mol. The Balaban J connectivity index is 1.39. The maximum absolute atomic E-state index is 13.7. The summed E-state index contributed by atoms with van der Waals surface area (Å²) in [6.07, 6.45) is -2.15. The molecule has 0 spiro atoms. The minimum atomic E-state index is -4.54. The normalized spacial score (nSPS) is 15.3. The quantitative estimate of drug-likeness (QED) is 0.303. The topological polar surface area (TPSA) is 104 Å². The van der Waals surface area contributed by atoms with Gasteiger partial charge in [0, 0.05) is 34.4 Å². The molecule has 0 saturated heterocycles. The van der Waals surface area contributed by atoms with E-state index in [2.05, 4.69) is 20.6 Å². The molecule has 8 nitrogen and oxygen atoms in total. The molecule has 13 heteroatoms. The maximum atomic E-state index is 13.7. The van der Waals surface area contributed by atoms with Crippen LogP contribution in [0.4, 0.5) is 24.7 Å². The van der Waals surface area contributed by atoms with Crippen molar-refractivity contribution in [1.29, 1.82) is 0 Å². The number of thiophene rings is 1. The van der Waals surface area contributed by atoms with E-state index in [1.165, 1.54) is 17.0 Å². The Hall–Kier alpha value is -4.29. The highest BCUT2D eigenvalue weighted by atomic mass is 35.5. The van der Waals surface area contributed by atoms with Crippen LogP contribution in [0, 0.1) is 0 Å². The fourth-order valence-corrected chi connectivity index (χ4v) is 5.20. The molecule has 1 aliphatic rings.